The molecule has 0 radical (unpaired) electrons. The Bertz CT molecular complexity index is 506. The summed E-state index contributed by atoms with van der Waals surface area (Å²) in [6.07, 6.45) is 6.72. The maximum absolute atomic E-state index is 10.9. The Morgan fingerprint density at radius 3 is 2.55 bits per heavy atom. The minimum Gasteiger partial charge on any atom is -0.409 e. The molecule has 0 heterocycles. The second-order valence-corrected chi connectivity index (χ2v) is 11.3. The van der Waals surface area contributed by atoms with E-state index in [1.165, 1.54) is 0 Å². The molecule has 1 atom stereocenters. The van der Waals surface area contributed by atoms with Crippen LogP contribution in [0.3, 0.4) is 0 Å². The monoisotopic (exact) mass is 288 g/mol. The van der Waals surface area contributed by atoms with E-state index in [2.05, 4.69) is 39.8 Å². The highest BCUT2D eigenvalue weighted by atomic mass is 28.4. The van der Waals surface area contributed by atoms with Gasteiger partial charge >= 0.3 is 0 Å². The third kappa shape index (κ3) is 4.06. The summed E-state index contributed by atoms with van der Waals surface area (Å²) in [6.45, 7) is 11.0. The Morgan fingerprint density at radius 1 is 1.40 bits per heavy atom. The topological polar surface area (TPSA) is 26.3 Å². The van der Waals surface area contributed by atoms with Crippen molar-refractivity contribution in [3.8, 4) is 12.3 Å². The fourth-order valence-electron chi connectivity index (χ4n) is 1.70. The van der Waals surface area contributed by atoms with Crippen LogP contribution in [0.5, 0.6) is 0 Å². The van der Waals surface area contributed by atoms with E-state index in [0.29, 0.717) is 12.0 Å². The molecule has 0 unspecified atom stereocenters. The van der Waals surface area contributed by atoms with E-state index in [-0.39, 0.29) is 11.1 Å². The Hall–Kier alpha value is -1.37. The van der Waals surface area contributed by atoms with Gasteiger partial charge in [0.05, 0.1) is 6.10 Å². The predicted octanol–water partition coefficient (Wildman–Crippen LogP) is 4.59. The van der Waals surface area contributed by atoms with Crippen molar-refractivity contribution in [1.82, 2.24) is 0 Å². The van der Waals surface area contributed by atoms with E-state index in [1.807, 2.05) is 18.2 Å². The standard InChI is InChI=1S/C17H24O2Si/c1-7-9-16(19-20(5,6)17(2,3)4)15-11-8-10-14(12-15)13-18/h1,8,10-13,16H,9H2,2-6H3/t16-/m0/s1. The largest absolute Gasteiger partial charge is 0.409 e. The van der Waals surface area contributed by atoms with Gasteiger partial charge in [0.1, 0.15) is 6.29 Å². The molecule has 0 aromatic heterocycles. The Morgan fingerprint density at radius 2 is 2.05 bits per heavy atom. The van der Waals surface area contributed by atoms with Gasteiger partial charge in [-0.1, -0.05) is 39.0 Å². The molecule has 0 fully saturated rings. The molecule has 0 saturated carbocycles. The fraction of sp³-hybridized carbons (Fsp3) is 0.471. The molecule has 0 aliphatic carbocycles. The number of hydrogen-bond acceptors (Lipinski definition) is 2. The lowest BCUT2D eigenvalue weighted by Gasteiger charge is -2.39. The third-order valence-electron chi connectivity index (χ3n) is 3.96. The zero-order chi connectivity index (χ0) is 15.4. The minimum absolute atomic E-state index is 0.127. The Balaban J connectivity index is 3.06. The van der Waals surface area contributed by atoms with Crippen molar-refractivity contribution in [2.75, 3.05) is 0 Å². The highest BCUT2D eigenvalue weighted by Gasteiger charge is 2.39. The number of aldehydes is 1. The Labute approximate surface area is 123 Å². The smallest absolute Gasteiger partial charge is 0.192 e. The number of carbonyl (C=O) groups is 1. The lowest BCUT2D eigenvalue weighted by Crippen LogP contribution is -2.41. The van der Waals surface area contributed by atoms with Crippen LogP contribution in [0.2, 0.25) is 18.1 Å². The van der Waals surface area contributed by atoms with Gasteiger partial charge in [-0.05, 0) is 29.8 Å². The molecule has 3 heteroatoms. The molecule has 0 saturated heterocycles. The molecular weight excluding hydrogens is 264 g/mol. The number of terminal acetylenes is 1. The molecule has 1 rings (SSSR count). The number of rotatable bonds is 5. The van der Waals surface area contributed by atoms with Gasteiger partial charge in [-0.15, -0.1) is 12.3 Å². The van der Waals surface area contributed by atoms with Crippen molar-refractivity contribution >= 4 is 14.6 Å². The average molecular weight is 288 g/mol. The SMILES string of the molecule is C#CC[C@H](O[Si](C)(C)C(C)(C)C)c1cccc(C=O)c1. The summed E-state index contributed by atoms with van der Waals surface area (Å²) < 4.78 is 6.41. The molecule has 0 amide bonds. The van der Waals surface area contributed by atoms with Crippen LogP contribution in [-0.2, 0) is 4.43 Å². The van der Waals surface area contributed by atoms with Gasteiger partial charge in [0.2, 0.25) is 0 Å². The van der Waals surface area contributed by atoms with Crippen LogP contribution in [-0.4, -0.2) is 14.6 Å². The van der Waals surface area contributed by atoms with Crippen LogP contribution in [0.25, 0.3) is 0 Å². The van der Waals surface area contributed by atoms with Gasteiger partial charge < -0.3 is 4.43 Å². The lowest BCUT2D eigenvalue weighted by molar-refractivity contribution is 0.112. The molecule has 1 aromatic carbocycles. The van der Waals surface area contributed by atoms with Crippen LogP contribution in [0.15, 0.2) is 24.3 Å². The van der Waals surface area contributed by atoms with Gasteiger partial charge in [-0.2, -0.15) is 0 Å². The van der Waals surface area contributed by atoms with Crippen LogP contribution >= 0.6 is 0 Å². The summed E-state index contributed by atoms with van der Waals surface area (Å²) in [5.74, 6) is 2.69. The van der Waals surface area contributed by atoms with Gasteiger partial charge in [0.15, 0.2) is 8.32 Å². The predicted molar refractivity (Wildman–Crippen MR) is 86.3 cm³/mol. The molecule has 2 nitrogen and oxygen atoms in total. The van der Waals surface area contributed by atoms with Crippen molar-refractivity contribution in [3.05, 3.63) is 35.4 Å². The molecule has 0 aliphatic rings. The highest BCUT2D eigenvalue weighted by molar-refractivity contribution is 6.74. The molecule has 20 heavy (non-hydrogen) atoms. The quantitative estimate of drug-likeness (QED) is 0.450. The molecule has 0 N–H and O–H groups in total. The Kier molecular flexibility index (Phi) is 5.32. The van der Waals surface area contributed by atoms with Crippen molar-refractivity contribution < 1.29 is 9.22 Å². The minimum atomic E-state index is -1.90. The van der Waals surface area contributed by atoms with E-state index in [1.54, 1.807) is 6.07 Å². The number of benzene rings is 1. The summed E-state index contributed by atoms with van der Waals surface area (Å²) in [6, 6.07) is 7.50. The summed E-state index contributed by atoms with van der Waals surface area (Å²) in [5, 5.41) is 0.127. The van der Waals surface area contributed by atoms with Crippen LogP contribution < -0.4 is 0 Å². The lowest BCUT2D eigenvalue weighted by atomic mass is 10.0. The first-order chi connectivity index (χ1) is 9.21. The summed E-state index contributed by atoms with van der Waals surface area (Å²) in [4.78, 5) is 10.9. The zero-order valence-electron chi connectivity index (χ0n) is 13.1. The normalized spacial score (nSPS) is 13.6. The van der Waals surface area contributed by atoms with Crippen molar-refractivity contribution in [3.63, 3.8) is 0 Å². The van der Waals surface area contributed by atoms with E-state index in [0.717, 1.165) is 11.8 Å². The average Bonchev–Trinajstić information content (AvgIpc) is 2.37. The van der Waals surface area contributed by atoms with Crippen molar-refractivity contribution in [1.29, 1.82) is 0 Å². The van der Waals surface area contributed by atoms with E-state index < -0.39 is 8.32 Å². The molecule has 108 valence electrons. The molecule has 0 spiro atoms. The molecule has 1 aromatic rings. The van der Waals surface area contributed by atoms with Crippen LogP contribution in [0.1, 0.15) is 49.2 Å². The van der Waals surface area contributed by atoms with Crippen molar-refractivity contribution in [2.24, 2.45) is 0 Å². The second kappa shape index (κ2) is 6.38. The van der Waals surface area contributed by atoms with E-state index in [4.69, 9.17) is 10.8 Å². The first-order valence-electron chi connectivity index (χ1n) is 6.87. The molecular formula is C17H24O2Si. The number of hydrogen-bond donors (Lipinski definition) is 0. The van der Waals surface area contributed by atoms with Gasteiger partial charge in [-0.3, -0.25) is 4.79 Å². The summed E-state index contributed by atoms with van der Waals surface area (Å²) >= 11 is 0. The van der Waals surface area contributed by atoms with Gasteiger partial charge in [0, 0.05) is 12.0 Å². The van der Waals surface area contributed by atoms with Crippen LogP contribution in [0.4, 0.5) is 0 Å². The molecule has 0 aliphatic heterocycles. The maximum atomic E-state index is 10.9. The maximum Gasteiger partial charge on any atom is 0.192 e. The van der Waals surface area contributed by atoms with E-state index >= 15 is 0 Å². The highest BCUT2D eigenvalue weighted by Crippen LogP contribution is 2.40. The summed E-state index contributed by atoms with van der Waals surface area (Å²) in [7, 11) is -1.90. The first-order valence-corrected chi connectivity index (χ1v) is 9.78. The fourth-order valence-corrected chi connectivity index (χ4v) is 2.98. The van der Waals surface area contributed by atoms with Crippen molar-refractivity contribution in [2.45, 2.75) is 51.4 Å². The summed E-state index contributed by atoms with van der Waals surface area (Å²) in [5.41, 5.74) is 1.64. The first kappa shape index (κ1) is 16.7. The van der Waals surface area contributed by atoms with E-state index in [9.17, 15) is 4.79 Å². The zero-order valence-corrected chi connectivity index (χ0v) is 14.1. The second-order valence-electron chi connectivity index (χ2n) is 6.56. The molecule has 0 bridgehead atoms. The number of carbonyl (C=O) groups excluding carboxylic acids is 1. The van der Waals surface area contributed by atoms with Gasteiger partial charge in [0.25, 0.3) is 0 Å². The van der Waals surface area contributed by atoms with Gasteiger partial charge in [-0.25, -0.2) is 0 Å². The third-order valence-corrected chi connectivity index (χ3v) is 8.45. The van der Waals surface area contributed by atoms with Crippen LogP contribution in [0, 0.1) is 12.3 Å².